The number of aryl methyl sites for hydroxylation is 2. The number of hydrogen-bond acceptors (Lipinski definition) is 8. The Morgan fingerprint density at radius 1 is 0.838 bits per heavy atom. The van der Waals surface area contributed by atoms with Crippen molar-refractivity contribution in [3.05, 3.63) is 100.0 Å². The molecule has 0 bridgehead atoms. The molecule has 3 aromatic carbocycles. The van der Waals surface area contributed by atoms with Crippen molar-refractivity contribution in [3.63, 3.8) is 0 Å². The van der Waals surface area contributed by atoms with E-state index in [1.54, 1.807) is 40.0 Å². The van der Waals surface area contributed by atoms with Crippen LogP contribution in [0.15, 0.2) is 78.3 Å². The topological polar surface area (TPSA) is 125 Å². The molecule has 3 N–H and O–H groups in total. The highest BCUT2D eigenvalue weighted by Crippen LogP contribution is 2.44. The van der Waals surface area contributed by atoms with Gasteiger partial charge in [-0.1, -0.05) is 43.7 Å². The fourth-order valence-electron chi connectivity index (χ4n) is 12.0. The summed E-state index contributed by atoms with van der Waals surface area (Å²) in [5, 5.41) is 22.7. The lowest BCUT2D eigenvalue weighted by atomic mass is 9.76. The summed E-state index contributed by atoms with van der Waals surface area (Å²) in [7, 11) is 1.75. The number of rotatable bonds is 7. The fraction of sp³-hybridized carbons (Fsp3) is 0.519. The van der Waals surface area contributed by atoms with E-state index in [-0.39, 0.29) is 23.9 Å². The molecular weight excluding hydrogens is 878 g/mol. The highest BCUT2D eigenvalue weighted by molar-refractivity contribution is 6.32. The van der Waals surface area contributed by atoms with Crippen LogP contribution < -0.4 is 25.3 Å². The summed E-state index contributed by atoms with van der Waals surface area (Å²) in [6.45, 7) is 9.72. The largest absolute Gasteiger partial charge is 0.402 e. The summed E-state index contributed by atoms with van der Waals surface area (Å²) in [6.07, 6.45) is 16.5. The molecule has 1 amide bonds. The van der Waals surface area contributed by atoms with Gasteiger partial charge >= 0.3 is 0 Å². The zero-order valence-corrected chi connectivity index (χ0v) is 40.6. The minimum Gasteiger partial charge on any atom is -0.402 e. The number of nitrogens with one attached hydrogen (secondary N) is 1. The van der Waals surface area contributed by atoms with E-state index in [1.165, 1.54) is 102 Å². The molecule has 14 heteroatoms. The molecule has 11 nitrogen and oxygen atoms in total. The number of alkyl halides is 2. The van der Waals surface area contributed by atoms with E-state index < -0.39 is 6.43 Å². The second kappa shape index (κ2) is 20.5. The van der Waals surface area contributed by atoms with E-state index in [0.717, 1.165) is 62.1 Å². The molecule has 1 aliphatic carbocycles. The molecule has 68 heavy (non-hydrogen) atoms. The number of anilines is 4. The van der Waals surface area contributed by atoms with Crippen LogP contribution in [-0.2, 0) is 18.3 Å². The number of aromatic nitrogens is 2. The van der Waals surface area contributed by atoms with Crippen molar-refractivity contribution < 1.29 is 13.6 Å². The number of fused-ring (bicyclic) bond motifs is 1. The molecule has 0 radical (unpaired) electrons. The van der Waals surface area contributed by atoms with E-state index in [4.69, 9.17) is 22.7 Å². The summed E-state index contributed by atoms with van der Waals surface area (Å²) >= 11 is 6.31. The second-order valence-electron chi connectivity index (χ2n) is 20.2. The van der Waals surface area contributed by atoms with Gasteiger partial charge in [-0.25, -0.2) is 8.78 Å². The molecule has 10 rings (SSSR count). The Morgan fingerprint density at radius 3 is 2.10 bits per heavy atom. The van der Waals surface area contributed by atoms with Crippen LogP contribution in [0.5, 0.6) is 0 Å². The normalized spacial score (nSPS) is 20.1. The number of nitriles is 1. The van der Waals surface area contributed by atoms with E-state index in [9.17, 15) is 18.8 Å². The monoisotopic (exact) mass is 945 g/mol. The van der Waals surface area contributed by atoms with Crippen LogP contribution >= 0.6 is 11.6 Å². The molecule has 1 aromatic heterocycles. The Bertz CT molecular complexity index is 2530. The van der Waals surface area contributed by atoms with Crippen LogP contribution in [0.2, 0.25) is 5.02 Å². The van der Waals surface area contributed by atoms with Gasteiger partial charge in [0, 0.05) is 124 Å². The average molecular weight is 946 g/mol. The van der Waals surface area contributed by atoms with Gasteiger partial charge in [-0.3, -0.25) is 14.9 Å². The van der Waals surface area contributed by atoms with E-state index in [2.05, 4.69) is 56.2 Å². The Labute approximate surface area is 406 Å². The molecule has 6 heterocycles. The SMILES string of the molecule is CC(=O)N1CCC(N)=C(C(=N)N2CCCc3cc(-c4cnn(C)c4)c(C(F)F)cc32)C1.N#Cc1ccc(N2CCC3(CCN(c4ccc(N5CCC(C6CCCCC6)CC5)cc4)CC3)C2)cc1Cl. The van der Waals surface area contributed by atoms with Crippen LogP contribution in [0, 0.1) is 34.0 Å². The summed E-state index contributed by atoms with van der Waals surface area (Å²) < 4.78 is 29.6. The minimum absolute atomic E-state index is 0.0713. The zero-order valence-electron chi connectivity index (χ0n) is 39.8. The zero-order chi connectivity index (χ0) is 47.5. The van der Waals surface area contributed by atoms with E-state index in [0.29, 0.717) is 63.6 Å². The Hall–Kier alpha value is -5.61. The van der Waals surface area contributed by atoms with Crippen LogP contribution in [0.3, 0.4) is 0 Å². The molecule has 360 valence electrons. The van der Waals surface area contributed by atoms with Crippen molar-refractivity contribution in [2.75, 3.05) is 78.5 Å². The predicted molar refractivity (Wildman–Crippen MR) is 270 cm³/mol. The minimum atomic E-state index is -2.66. The van der Waals surface area contributed by atoms with Crippen molar-refractivity contribution in [2.45, 2.75) is 96.8 Å². The number of halogens is 3. The van der Waals surface area contributed by atoms with Crippen LogP contribution in [0.25, 0.3) is 11.1 Å². The number of benzene rings is 3. The van der Waals surface area contributed by atoms with Crippen molar-refractivity contribution in [2.24, 2.45) is 30.0 Å². The summed E-state index contributed by atoms with van der Waals surface area (Å²) in [4.78, 5) is 22.9. The number of hydrogen-bond donors (Lipinski definition) is 2. The van der Waals surface area contributed by atoms with Crippen molar-refractivity contribution in [3.8, 4) is 17.2 Å². The van der Waals surface area contributed by atoms with Crippen LogP contribution in [-0.4, -0.2) is 85.3 Å². The fourth-order valence-corrected chi connectivity index (χ4v) is 12.2. The third kappa shape index (κ3) is 10.2. The summed E-state index contributed by atoms with van der Waals surface area (Å²) in [6, 6.07) is 20.8. The van der Waals surface area contributed by atoms with Crippen molar-refractivity contribution >= 4 is 46.1 Å². The molecule has 3 saturated heterocycles. The van der Waals surface area contributed by atoms with Gasteiger partial charge in [0.1, 0.15) is 11.9 Å². The molecule has 1 saturated carbocycles. The highest BCUT2D eigenvalue weighted by Gasteiger charge is 2.41. The molecule has 1 spiro atoms. The second-order valence-corrected chi connectivity index (χ2v) is 20.7. The van der Waals surface area contributed by atoms with E-state index in [1.807, 2.05) is 12.1 Å². The maximum Gasteiger partial charge on any atom is 0.264 e. The number of nitrogens with zero attached hydrogens (tertiary/aromatic N) is 8. The van der Waals surface area contributed by atoms with Crippen LogP contribution in [0.4, 0.5) is 31.5 Å². The highest BCUT2D eigenvalue weighted by atomic mass is 35.5. The lowest BCUT2D eigenvalue weighted by Gasteiger charge is -2.41. The standard InChI is InChI=1S/C32H41ClN4.C22H26F2N6O/c33-31-22-30(7-6-27(31)23-34)37-21-16-32(24-37)14-19-36(20-15-32)29-10-8-28(9-11-29)35-17-12-26(13-18-35)25-4-2-1-3-5-25;1-13(31)29-7-5-19(25)18(12-29)22(26)30-6-3-4-14-8-16(15-10-27-28(2)11-15)17(21(23)24)9-20(14)30/h6-11,22,25-26H,1-5,12-21,24H2;8-11,21,26H,3-7,12,25H2,1-2H3. The van der Waals surface area contributed by atoms with Gasteiger partial charge in [0.25, 0.3) is 6.43 Å². The first kappa shape index (κ1) is 47.5. The first-order valence-electron chi connectivity index (χ1n) is 25.0. The number of carbonyl (C=O) groups is 1. The quantitative estimate of drug-likeness (QED) is 0.139. The van der Waals surface area contributed by atoms with Gasteiger partial charge in [-0.15, -0.1) is 0 Å². The van der Waals surface area contributed by atoms with Gasteiger partial charge in [0.15, 0.2) is 0 Å². The summed E-state index contributed by atoms with van der Waals surface area (Å²) in [5.74, 6) is 2.09. The van der Waals surface area contributed by atoms with Gasteiger partial charge in [0.2, 0.25) is 5.91 Å². The van der Waals surface area contributed by atoms with E-state index >= 15 is 0 Å². The predicted octanol–water partition coefficient (Wildman–Crippen LogP) is 10.7. The molecule has 4 fully saturated rings. The Balaban J connectivity index is 0.000000173. The average Bonchev–Trinajstić information content (AvgIpc) is 4.00. The molecule has 5 aliphatic heterocycles. The molecule has 0 unspecified atom stereocenters. The maximum absolute atomic E-state index is 14.0. The third-order valence-corrected chi connectivity index (χ3v) is 16.5. The number of piperidine rings is 2. The first-order valence-corrected chi connectivity index (χ1v) is 25.3. The third-order valence-electron chi connectivity index (χ3n) is 16.1. The molecule has 0 atom stereocenters. The number of nitrogens with two attached hydrogens (primary N) is 1. The van der Waals surface area contributed by atoms with Crippen molar-refractivity contribution in [1.29, 1.82) is 10.7 Å². The smallest absolute Gasteiger partial charge is 0.264 e. The molecule has 4 aromatic rings. The number of amidine groups is 1. The lowest BCUT2D eigenvalue weighted by molar-refractivity contribution is -0.128. The van der Waals surface area contributed by atoms with Crippen molar-refractivity contribution in [1.82, 2.24) is 14.7 Å². The van der Waals surface area contributed by atoms with Crippen LogP contribution in [0.1, 0.15) is 107 Å². The molecule has 6 aliphatic rings. The lowest BCUT2D eigenvalue weighted by Crippen LogP contribution is -2.44. The first-order chi connectivity index (χ1) is 32.9. The summed E-state index contributed by atoms with van der Waals surface area (Å²) in [5.41, 5.74) is 14.8. The number of carbonyl (C=O) groups excluding carboxylic acids is 1. The maximum atomic E-state index is 14.0. The van der Waals surface area contributed by atoms with Gasteiger partial charge in [-0.2, -0.15) is 10.4 Å². The van der Waals surface area contributed by atoms with Gasteiger partial charge in [-0.05, 0) is 128 Å². The van der Waals surface area contributed by atoms with Gasteiger partial charge in [0.05, 0.1) is 23.3 Å². The number of amides is 1. The Kier molecular flexibility index (Phi) is 14.3. The Morgan fingerprint density at radius 2 is 1.49 bits per heavy atom. The van der Waals surface area contributed by atoms with Gasteiger partial charge < -0.3 is 30.2 Å². The molecular formula is C54H67ClF2N10O.